The first kappa shape index (κ1) is 17.5. The van der Waals surface area contributed by atoms with Gasteiger partial charge in [0.1, 0.15) is 11.6 Å². The molecular formula is C19H27N5O. The van der Waals surface area contributed by atoms with Crippen molar-refractivity contribution in [3.63, 3.8) is 0 Å². The highest BCUT2D eigenvalue weighted by Gasteiger charge is 2.19. The first-order chi connectivity index (χ1) is 12.2. The lowest BCUT2D eigenvalue weighted by atomic mass is 10.1. The summed E-state index contributed by atoms with van der Waals surface area (Å²) in [6.07, 6.45) is 2.91. The van der Waals surface area contributed by atoms with E-state index in [2.05, 4.69) is 31.9 Å². The minimum atomic E-state index is 0.834. The molecule has 0 saturated carbocycles. The summed E-state index contributed by atoms with van der Waals surface area (Å²) < 4.78 is 5.21. The molecule has 1 aliphatic heterocycles. The van der Waals surface area contributed by atoms with Gasteiger partial charge in [-0.2, -0.15) is 4.98 Å². The van der Waals surface area contributed by atoms with Gasteiger partial charge >= 0.3 is 0 Å². The van der Waals surface area contributed by atoms with E-state index in [-0.39, 0.29) is 0 Å². The molecule has 0 N–H and O–H groups in total. The van der Waals surface area contributed by atoms with Crippen LogP contribution >= 0.6 is 0 Å². The fourth-order valence-electron chi connectivity index (χ4n) is 2.99. The average molecular weight is 341 g/mol. The Kier molecular flexibility index (Phi) is 5.71. The number of anilines is 2. The van der Waals surface area contributed by atoms with Crippen LogP contribution in [0.2, 0.25) is 0 Å². The van der Waals surface area contributed by atoms with E-state index in [0.29, 0.717) is 0 Å². The fraction of sp³-hybridized carbons (Fsp3) is 0.474. The Morgan fingerprint density at radius 3 is 2.40 bits per heavy atom. The lowest BCUT2D eigenvalue weighted by molar-refractivity contribution is 0.260. The van der Waals surface area contributed by atoms with E-state index in [0.717, 1.165) is 56.7 Å². The number of aromatic nitrogens is 2. The minimum Gasteiger partial charge on any atom is -0.497 e. The molecule has 0 aliphatic carbocycles. The highest BCUT2D eigenvalue weighted by atomic mass is 16.5. The number of nitrogens with zero attached hydrogens (tertiary/aromatic N) is 5. The smallest absolute Gasteiger partial charge is 0.227 e. The van der Waals surface area contributed by atoms with Gasteiger partial charge in [-0.05, 0) is 30.2 Å². The highest BCUT2D eigenvalue weighted by Crippen LogP contribution is 2.16. The van der Waals surface area contributed by atoms with Crippen LogP contribution in [0.5, 0.6) is 5.75 Å². The molecule has 1 saturated heterocycles. The number of methoxy groups -OCH3 is 1. The first-order valence-corrected chi connectivity index (χ1v) is 8.76. The van der Waals surface area contributed by atoms with E-state index in [4.69, 9.17) is 4.74 Å². The maximum Gasteiger partial charge on any atom is 0.227 e. The molecule has 0 spiro atoms. The van der Waals surface area contributed by atoms with Crippen LogP contribution in [0.1, 0.15) is 5.56 Å². The van der Waals surface area contributed by atoms with E-state index >= 15 is 0 Å². The van der Waals surface area contributed by atoms with E-state index < -0.39 is 0 Å². The summed E-state index contributed by atoms with van der Waals surface area (Å²) >= 11 is 0. The van der Waals surface area contributed by atoms with Gasteiger partial charge in [-0.15, -0.1) is 0 Å². The quantitative estimate of drug-likeness (QED) is 0.800. The molecule has 6 nitrogen and oxygen atoms in total. The molecule has 134 valence electrons. The third kappa shape index (κ3) is 4.60. The largest absolute Gasteiger partial charge is 0.497 e. The number of benzene rings is 1. The van der Waals surface area contributed by atoms with E-state index in [1.165, 1.54) is 5.56 Å². The molecule has 1 fully saturated rings. The normalized spacial score (nSPS) is 15.2. The lowest BCUT2D eigenvalue weighted by Gasteiger charge is -2.34. The standard InChI is InChI=1S/C19H27N5O/c1-22(2)18-8-10-20-19(21-18)24-14-12-23(13-15-24)11-9-16-4-6-17(25-3)7-5-16/h4-8,10H,9,11-15H2,1-3H3. The molecule has 2 heterocycles. The van der Waals surface area contributed by atoms with Gasteiger partial charge in [-0.3, -0.25) is 4.90 Å². The lowest BCUT2D eigenvalue weighted by Crippen LogP contribution is -2.47. The Morgan fingerprint density at radius 1 is 1.04 bits per heavy atom. The summed E-state index contributed by atoms with van der Waals surface area (Å²) in [5.74, 6) is 2.70. The summed E-state index contributed by atoms with van der Waals surface area (Å²) in [6.45, 7) is 5.12. The molecule has 2 aromatic rings. The third-order valence-corrected chi connectivity index (χ3v) is 4.62. The molecule has 3 rings (SSSR count). The van der Waals surface area contributed by atoms with Gasteiger partial charge in [0.15, 0.2) is 0 Å². The van der Waals surface area contributed by atoms with Crippen molar-refractivity contribution in [3.05, 3.63) is 42.1 Å². The zero-order chi connectivity index (χ0) is 17.6. The van der Waals surface area contributed by atoms with E-state index in [1.807, 2.05) is 43.4 Å². The van der Waals surface area contributed by atoms with Crippen LogP contribution in [0, 0.1) is 0 Å². The molecule has 1 aliphatic rings. The van der Waals surface area contributed by atoms with E-state index in [9.17, 15) is 0 Å². The minimum absolute atomic E-state index is 0.834. The van der Waals surface area contributed by atoms with Crippen LogP contribution in [0.3, 0.4) is 0 Å². The number of rotatable bonds is 6. The second-order valence-electron chi connectivity index (χ2n) is 6.54. The molecule has 0 bridgehead atoms. The van der Waals surface area contributed by atoms with Gasteiger partial charge in [-0.1, -0.05) is 12.1 Å². The number of piperazine rings is 1. The van der Waals surface area contributed by atoms with Gasteiger partial charge in [0, 0.05) is 53.0 Å². The van der Waals surface area contributed by atoms with Crippen molar-refractivity contribution in [1.82, 2.24) is 14.9 Å². The molecule has 25 heavy (non-hydrogen) atoms. The van der Waals surface area contributed by atoms with Gasteiger partial charge in [0.05, 0.1) is 7.11 Å². The average Bonchev–Trinajstić information content (AvgIpc) is 2.67. The molecule has 6 heteroatoms. The fourth-order valence-corrected chi connectivity index (χ4v) is 2.99. The van der Waals surface area contributed by atoms with Crippen LogP contribution in [0.25, 0.3) is 0 Å². The maximum atomic E-state index is 5.21. The van der Waals surface area contributed by atoms with Crippen molar-refractivity contribution in [2.45, 2.75) is 6.42 Å². The number of hydrogen-bond donors (Lipinski definition) is 0. The van der Waals surface area contributed by atoms with E-state index in [1.54, 1.807) is 7.11 Å². The van der Waals surface area contributed by atoms with Crippen molar-refractivity contribution in [3.8, 4) is 5.75 Å². The van der Waals surface area contributed by atoms with Crippen molar-refractivity contribution in [1.29, 1.82) is 0 Å². The summed E-state index contributed by atoms with van der Waals surface area (Å²) in [5, 5.41) is 0. The van der Waals surface area contributed by atoms with Gasteiger partial charge < -0.3 is 14.5 Å². The number of hydrogen-bond acceptors (Lipinski definition) is 6. The van der Waals surface area contributed by atoms with Crippen LogP contribution in [-0.2, 0) is 6.42 Å². The Morgan fingerprint density at radius 2 is 1.76 bits per heavy atom. The van der Waals surface area contributed by atoms with Crippen molar-refractivity contribution < 1.29 is 4.74 Å². The maximum absolute atomic E-state index is 5.21. The third-order valence-electron chi connectivity index (χ3n) is 4.62. The second-order valence-corrected chi connectivity index (χ2v) is 6.54. The Labute approximate surface area is 150 Å². The van der Waals surface area contributed by atoms with Crippen molar-refractivity contribution in [2.75, 3.05) is 63.7 Å². The summed E-state index contributed by atoms with van der Waals surface area (Å²) in [6, 6.07) is 10.3. The van der Waals surface area contributed by atoms with Gasteiger partial charge in [-0.25, -0.2) is 4.98 Å². The monoisotopic (exact) mass is 341 g/mol. The molecular weight excluding hydrogens is 314 g/mol. The molecule has 0 unspecified atom stereocenters. The highest BCUT2D eigenvalue weighted by molar-refractivity contribution is 5.42. The second kappa shape index (κ2) is 8.16. The predicted octanol–water partition coefficient (Wildman–Crippen LogP) is 1.92. The van der Waals surface area contributed by atoms with Gasteiger partial charge in [0.25, 0.3) is 0 Å². The Hall–Kier alpha value is -2.34. The van der Waals surface area contributed by atoms with Crippen LogP contribution < -0.4 is 14.5 Å². The topological polar surface area (TPSA) is 44.7 Å². The summed E-state index contributed by atoms with van der Waals surface area (Å²) in [4.78, 5) is 15.9. The summed E-state index contributed by atoms with van der Waals surface area (Å²) in [7, 11) is 5.71. The summed E-state index contributed by atoms with van der Waals surface area (Å²) in [5.41, 5.74) is 1.35. The molecule has 0 radical (unpaired) electrons. The van der Waals surface area contributed by atoms with Crippen molar-refractivity contribution in [2.24, 2.45) is 0 Å². The van der Waals surface area contributed by atoms with Crippen LogP contribution in [0.15, 0.2) is 36.5 Å². The zero-order valence-corrected chi connectivity index (χ0v) is 15.4. The molecule has 1 aromatic carbocycles. The Bertz CT molecular complexity index is 666. The number of ether oxygens (including phenoxy) is 1. The Balaban J connectivity index is 1.49. The molecule has 0 atom stereocenters. The zero-order valence-electron chi connectivity index (χ0n) is 15.4. The molecule has 1 aromatic heterocycles. The van der Waals surface area contributed by atoms with Crippen LogP contribution in [-0.4, -0.2) is 68.8 Å². The van der Waals surface area contributed by atoms with Crippen molar-refractivity contribution >= 4 is 11.8 Å². The predicted molar refractivity (Wildman–Crippen MR) is 102 cm³/mol. The first-order valence-electron chi connectivity index (χ1n) is 8.76. The molecule has 0 amide bonds. The van der Waals surface area contributed by atoms with Crippen LogP contribution in [0.4, 0.5) is 11.8 Å². The SMILES string of the molecule is COc1ccc(CCN2CCN(c3nccc(N(C)C)n3)CC2)cc1. The van der Waals surface area contributed by atoms with Gasteiger partial charge in [0.2, 0.25) is 5.95 Å².